The van der Waals surface area contributed by atoms with Gasteiger partial charge in [0.15, 0.2) is 0 Å². The minimum Gasteiger partial charge on any atom is -0.334 e. The van der Waals surface area contributed by atoms with Crippen molar-refractivity contribution in [3.05, 3.63) is 22.4 Å². The number of amides is 1. The van der Waals surface area contributed by atoms with Crippen LogP contribution in [0.15, 0.2) is 16.8 Å². The van der Waals surface area contributed by atoms with E-state index in [9.17, 15) is 4.79 Å². The van der Waals surface area contributed by atoms with Gasteiger partial charge in [-0.1, -0.05) is 19.8 Å². The van der Waals surface area contributed by atoms with Gasteiger partial charge < -0.3 is 10.6 Å². The van der Waals surface area contributed by atoms with Crippen LogP contribution in [0, 0.1) is 0 Å². The van der Waals surface area contributed by atoms with Crippen molar-refractivity contribution in [3.8, 4) is 0 Å². The molecule has 2 atom stereocenters. The fraction of sp³-hybridized carbons (Fsp3) is 0.643. The SMILES string of the molecule is CCCC[C@H](N)C(=O)N1CCCC1c1ccsc1. The maximum atomic E-state index is 12.4. The van der Waals surface area contributed by atoms with E-state index in [2.05, 4.69) is 23.8 Å². The molecule has 18 heavy (non-hydrogen) atoms. The van der Waals surface area contributed by atoms with E-state index in [4.69, 9.17) is 5.73 Å². The molecule has 1 aliphatic heterocycles. The van der Waals surface area contributed by atoms with Gasteiger partial charge in [0.05, 0.1) is 12.1 Å². The molecule has 1 unspecified atom stereocenters. The summed E-state index contributed by atoms with van der Waals surface area (Å²) in [5.74, 6) is 0.136. The summed E-state index contributed by atoms with van der Waals surface area (Å²) in [5.41, 5.74) is 7.28. The fourth-order valence-electron chi connectivity index (χ4n) is 2.60. The molecule has 1 amide bonds. The van der Waals surface area contributed by atoms with E-state index in [-0.39, 0.29) is 18.0 Å². The van der Waals surface area contributed by atoms with Gasteiger partial charge in [-0.25, -0.2) is 0 Å². The van der Waals surface area contributed by atoms with Gasteiger partial charge in [0, 0.05) is 6.54 Å². The molecule has 0 aliphatic carbocycles. The number of carbonyl (C=O) groups is 1. The van der Waals surface area contributed by atoms with Crippen LogP contribution in [0.4, 0.5) is 0 Å². The molecule has 2 heterocycles. The normalized spacial score (nSPS) is 21.2. The summed E-state index contributed by atoms with van der Waals surface area (Å²) >= 11 is 1.69. The maximum absolute atomic E-state index is 12.4. The third kappa shape index (κ3) is 2.93. The molecule has 0 aromatic carbocycles. The van der Waals surface area contributed by atoms with E-state index < -0.39 is 0 Å². The highest BCUT2D eigenvalue weighted by molar-refractivity contribution is 7.07. The number of nitrogens with zero attached hydrogens (tertiary/aromatic N) is 1. The minimum absolute atomic E-state index is 0.136. The predicted octanol–water partition coefficient (Wildman–Crippen LogP) is 2.93. The number of thiophene rings is 1. The molecular weight excluding hydrogens is 244 g/mol. The van der Waals surface area contributed by atoms with Crippen LogP contribution in [-0.4, -0.2) is 23.4 Å². The van der Waals surface area contributed by atoms with Crippen molar-refractivity contribution in [3.63, 3.8) is 0 Å². The highest BCUT2D eigenvalue weighted by Crippen LogP contribution is 2.33. The summed E-state index contributed by atoms with van der Waals surface area (Å²) in [7, 11) is 0. The van der Waals surface area contributed by atoms with E-state index in [1.807, 2.05) is 4.90 Å². The molecule has 0 bridgehead atoms. The highest BCUT2D eigenvalue weighted by atomic mass is 32.1. The number of rotatable bonds is 5. The van der Waals surface area contributed by atoms with Crippen molar-refractivity contribution in [2.45, 2.75) is 51.1 Å². The molecule has 0 radical (unpaired) electrons. The monoisotopic (exact) mass is 266 g/mol. The third-order valence-electron chi connectivity index (χ3n) is 3.65. The first-order valence-electron chi connectivity index (χ1n) is 6.82. The second kappa shape index (κ2) is 6.34. The maximum Gasteiger partial charge on any atom is 0.239 e. The van der Waals surface area contributed by atoms with Crippen LogP contribution in [0.3, 0.4) is 0 Å². The molecule has 0 saturated carbocycles. The summed E-state index contributed by atoms with van der Waals surface area (Å²) in [6.07, 6.45) is 5.09. The molecule has 0 spiro atoms. The summed E-state index contributed by atoms with van der Waals surface area (Å²) in [4.78, 5) is 14.3. The van der Waals surface area contributed by atoms with Crippen molar-refractivity contribution >= 4 is 17.2 Å². The Hall–Kier alpha value is -0.870. The van der Waals surface area contributed by atoms with Gasteiger partial charge in [-0.15, -0.1) is 0 Å². The van der Waals surface area contributed by atoms with E-state index in [1.165, 1.54) is 5.56 Å². The predicted molar refractivity (Wildman–Crippen MR) is 75.5 cm³/mol. The molecule has 100 valence electrons. The number of hydrogen-bond acceptors (Lipinski definition) is 3. The molecule has 1 aromatic rings. The topological polar surface area (TPSA) is 46.3 Å². The Bertz CT molecular complexity index is 377. The van der Waals surface area contributed by atoms with Crippen molar-refractivity contribution in [2.75, 3.05) is 6.54 Å². The number of carbonyl (C=O) groups excluding carboxylic acids is 1. The van der Waals surface area contributed by atoms with Gasteiger partial charge in [-0.05, 0) is 41.7 Å². The number of nitrogens with two attached hydrogens (primary N) is 1. The molecule has 3 nitrogen and oxygen atoms in total. The van der Waals surface area contributed by atoms with Gasteiger partial charge in [-0.3, -0.25) is 4.79 Å². The van der Waals surface area contributed by atoms with Gasteiger partial charge >= 0.3 is 0 Å². The zero-order chi connectivity index (χ0) is 13.0. The molecule has 4 heteroatoms. The zero-order valence-electron chi connectivity index (χ0n) is 11.0. The second-order valence-electron chi connectivity index (χ2n) is 5.00. The fourth-order valence-corrected chi connectivity index (χ4v) is 3.31. The lowest BCUT2D eigenvalue weighted by Crippen LogP contribution is -2.43. The quantitative estimate of drug-likeness (QED) is 0.890. The first kappa shape index (κ1) is 13.6. The van der Waals surface area contributed by atoms with Crippen LogP contribution in [0.25, 0.3) is 0 Å². The molecular formula is C14H22N2OS. The third-order valence-corrected chi connectivity index (χ3v) is 4.35. The van der Waals surface area contributed by atoms with Crippen LogP contribution < -0.4 is 5.73 Å². The largest absolute Gasteiger partial charge is 0.334 e. The minimum atomic E-state index is -0.316. The Kier molecular flexibility index (Phi) is 4.78. The molecule has 1 fully saturated rings. The smallest absolute Gasteiger partial charge is 0.239 e. The highest BCUT2D eigenvalue weighted by Gasteiger charge is 2.32. The van der Waals surface area contributed by atoms with Gasteiger partial charge in [-0.2, -0.15) is 11.3 Å². The Balaban J connectivity index is 2.00. The van der Waals surface area contributed by atoms with E-state index in [0.29, 0.717) is 0 Å². The summed E-state index contributed by atoms with van der Waals surface area (Å²) < 4.78 is 0. The number of unbranched alkanes of at least 4 members (excludes halogenated alkanes) is 1. The average molecular weight is 266 g/mol. The van der Waals surface area contributed by atoms with Gasteiger partial charge in [0.25, 0.3) is 0 Å². The Morgan fingerprint density at radius 2 is 2.50 bits per heavy atom. The summed E-state index contributed by atoms with van der Waals surface area (Å²) in [6.45, 7) is 2.99. The van der Waals surface area contributed by atoms with E-state index >= 15 is 0 Å². The van der Waals surface area contributed by atoms with Crippen molar-refractivity contribution in [2.24, 2.45) is 5.73 Å². The molecule has 1 saturated heterocycles. The van der Waals surface area contributed by atoms with Crippen LogP contribution in [0.2, 0.25) is 0 Å². The van der Waals surface area contributed by atoms with E-state index in [1.54, 1.807) is 11.3 Å². The zero-order valence-corrected chi connectivity index (χ0v) is 11.8. The van der Waals surface area contributed by atoms with Crippen LogP contribution in [0.5, 0.6) is 0 Å². The van der Waals surface area contributed by atoms with Crippen molar-refractivity contribution < 1.29 is 4.79 Å². The van der Waals surface area contributed by atoms with Crippen LogP contribution >= 0.6 is 11.3 Å². The second-order valence-corrected chi connectivity index (χ2v) is 5.78. The number of likely N-dealkylation sites (tertiary alicyclic amines) is 1. The Morgan fingerprint density at radius 1 is 1.67 bits per heavy atom. The van der Waals surface area contributed by atoms with E-state index in [0.717, 1.165) is 38.6 Å². The first-order valence-corrected chi connectivity index (χ1v) is 7.76. The lowest BCUT2D eigenvalue weighted by molar-refractivity contribution is -0.133. The molecule has 2 N–H and O–H groups in total. The Morgan fingerprint density at radius 3 is 3.17 bits per heavy atom. The van der Waals surface area contributed by atoms with Crippen molar-refractivity contribution in [1.82, 2.24) is 4.90 Å². The van der Waals surface area contributed by atoms with Gasteiger partial charge in [0.1, 0.15) is 0 Å². The Labute approximate surface area is 113 Å². The van der Waals surface area contributed by atoms with Gasteiger partial charge in [0.2, 0.25) is 5.91 Å². The molecule has 1 aromatic heterocycles. The average Bonchev–Trinajstić information content (AvgIpc) is 3.03. The van der Waals surface area contributed by atoms with Crippen molar-refractivity contribution in [1.29, 1.82) is 0 Å². The molecule has 1 aliphatic rings. The van der Waals surface area contributed by atoms with Crippen LogP contribution in [-0.2, 0) is 4.79 Å². The lowest BCUT2D eigenvalue weighted by Gasteiger charge is -2.27. The van der Waals surface area contributed by atoms with Crippen LogP contribution in [0.1, 0.15) is 50.6 Å². The number of hydrogen-bond donors (Lipinski definition) is 1. The first-order chi connectivity index (χ1) is 8.74. The standard InChI is InChI=1S/C14H22N2OS/c1-2-3-5-12(15)14(17)16-8-4-6-13(16)11-7-9-18-10-11/h7,9-10,12-13H,2-6,8,15H2,1H3/t12-,13?/m0/s1. The molecule has 2 rings (SSSR count). The lowest BCUT2D eigenvalue weighted by atomic mass is 10.1. The summed E-state index contributed by atoms with van der Waals surface area (Å²) in [6, 6.07) is 2.07. The summed E-state index contributed by atoms with van der Waals surface area (Å²) in [5, 5.41) is 4.22.